The highest BCUT2D eigenvalue weighted by atomic mass is 35.5. The molecule has 0 amide bonds. The van der Waals surface area contributed by atoms with Crippen molar-refractivity contribution in [2.24, 2.45) is 0 Å². The molecule has 0 bridgehead atoms. The molecule has 0 fully saturated rings. The molecule has 0 atom stereocenters. The lowest BCUT2D eigenvalue weighted by Crippen LogP contribution is -2.07. The molecule has 3 aromatic heterocycles. The monoisotopic (exact) mass is 390 g/mol. The highest BCUT2D eigenvalue weighted by Crippen LogP contribution is 2.25. The lowest BCUT2D eigenvalue weighted by Gasteiger charge is -2.05. The number of rotatable bonds is 3. The molecular weight excluding hydrogens is 376 g/mol. The van der Waals surface area contributed by atoms with Crippen LogP contribution in [0.25, 0.3) is 27.6 Å². The Morgan fingerprint density at radius 1 is 1.11 bits per heavy atom. The van der Waals surface area contributed by atoms with Crippen molar-refractivity contribution in [1.29, 1.82) is 0 Å². The number of carbonyl (C=O) groups excluding carboxylic acids is 1. The second kappa shape index (κ2) is 5.97. The molecule has 5 aromatic rings. The minimum atomic E-state index is -0.227. The van der Waals surface area contributed by atoms with Crippen molar-refractivity contribution >= 4 is 45.1 Å². The number of nitrogen functional groups attached to an aromatic ring is 1. The number of benzene rings is 2. The smallest absolute Gasteiger partial charge is 0.214 e. The molecule has 4 N–H and O–H groups in total. The van der Waals surface area contributed by atoms with Crippen LogP contribution < -0.4 is 5.73 Å². The summed E-state index contributed by atoms with van der Waals surface area (Å²) in [5.41, 5.74) is 10.3. The van der Waals surface area contributed by atoms with Crippen molar-refractivity contribution < 1.29 is 4.79 Å². The second-order valence-corrected chi connectivity index (χ2v) is 7.06. The molecule has 3 heterocycles. The SMILES string of the molecule is Cc1nc2ccc(-n3ncc(C(=O)c4cc5cc(Cl)ccc5[nH]4)c3N)cc2[nH]1. The minimum Gasteiger partial charge on any atom is -0.383 e. The van der Waals surface area contributed by atoms with Gasteiger partial charge >= 0.3 is 0 Å². The summed E-state index contributed by atoms with van der Waals surface area (Å²) in [6.07, 6.45) is 1.48. The Kier molecular flexibility index (Phi) is 3.53. The summed E-state index contributed by atoms with van der Waals surface area (Å²) in [4.78, 5) is 23.7. The van der Waals surface area contributed by atoms with Gasteiger partial charge in [-0.3, -0.25) is 4.79 Å². The number of aryl methyl sites for hydroxylation is 1. The molecule has 2 aromatic carbocycles. The van der Waals surface area contributed by atoms with Crippen LogP contribution in [0.5, 0.6) is 0 Å². The summed E-state index contributed by atoms with van der Waals surface area (Å²) in [5, 5.41) is 5.79. The molecule has 5 rings (SSSR count). The van der Waals surface area contributed by atoms with Gasteiger partial charge in [0.25, 0.3) is 0 Å². The Labute approximate surface area is 164 Å². The number of aromatic nitrogens is 5. The Bertz CT molecular complexity index is 1380. The van der Waals surface area contributed by atoms with E-state index in [0.717, 1.165) is 33.4 Å². The van der Waals surface area contributed by atoms with E-state index in [4.69, 9.17) is 17.3 Å². The Morgan fingerprint density at radius 3 is 2.82 bits per heavy atom. The third-order valence-electron chi connectivity index (χ3n) is 4.71. The fourth-order valence-electron chi connectivity index (χ4n) is 3.37. The number of nitrogens with one attached hydrogen (secondary N) is 2. The molecular formula is C20H15ClN6O. The molecule has 0 saturated carbocycles. The van der Waals surface area contributed by atoms with Crippen molar-refractivity contribution in [3.05, 3.63) is 70.8 Å². The summed E-state index contributed by atoms with van der Waals surface area (Å²) in [5.74, 6) is 0.877. The van der Waals surface area contributed by atoms with Gasteiger partial charge in [-0.25, -0.2) is 9.67 Å². The summed E-state index contributed by atoms with van der Waals surface area (Å²) in [6.45, 7) is 1.90. The average Bonchev–Trinajstić information content (AvgIpc) is 3.35. The van der Waals surface area contributed by atoms with Crippen LogP contribution in [0.3, 0.4) is 0 Å². The summed E-state index contributed by atoms with van der Waals surface area (Å²) >= 11 is 6.02. The number of H-pyrrole nitrogens is 2. The van der Waals surface area contributed by atoms with Gasteiger partial charge in [0.1, 0.15) is 11.6 Å². The highest BCUT2D eigenvalue weighted by molar-refractivity contribution is 6.31. The Morgan fingerprint density at radius 2 is 1.96 bits per heavy atom. The number of fused-ring (bicyclic) bond motifs is 2. The fourth-order valence-corrected chi connectivity index (χ4v) is 3.55. The van der Waals surface area contributed by atoms with E-state index < -0.39 is 0 Å². The molecule has 8 heteroatoms. The number of carbonyl (C=O) groups is 1. The molecule has 138 valence electrons. The maximum atomic E-state index is 13.0. The van der Waals surface area contributed by atoms with E-state index in [1.165, 1.54) is 6.20 Å². The molecule has 0 spiro atoms. The van der Waals surface area contributed by atoms with E-state index >= 15 is 0 Å². The number of halogens is 1. The number of ketones is 1. The Balaban J connectivity index is 1.55. The van der Waals surface area contributed by atoms with Crippen molar-refractivity contribution in [3.8, 4) is 5.69 Å². The number of nitrogens with two attached hydrogens (primary N) is 1. The molecule has 0 aliphatic rings. The van der Waals surface area contributed by atoms with Crippen LogP contribution in [0.2, 0.25) is 5.02 Å². The molecule has 0 aliphatic heterocycles. The lowest BCUT2D eigenvalue weighted by atomic mass is 10.1. The van der Waals surface area contributed by atoms with Gasteiger partial charge in [-0.1, -0.05) is 11.6 Å². The van der Waals surface area contributed by atoms with Gasteiger partial charge < -0.3 is 15.7 Å². The number of aromatic amines is 2. The molecule has 0 saturated heterocycles. The van der Waals surface area contributed by atoms with Crippen molar-refractivity contribution in [2.45, 2.75) is 6.92 Å². The van der Waals surface area contributed by atoms with E-state index in [2.05, 4.69) is 20.1 Å². The van der Waals surface area contributed by atoms with E-state index in [1.54, 1.807) is 22.9 Å². The minimum absolute atomic E-state index is 0.227. The van der Waals surface area contributed by atoms with Crippen LogP contribution in [-0.4, -0.2) is 30.5 Å². The first-order valence-electron chi connectivity index (χ1n) is 8.63. The highest BCUT2D eigenvalue weighted by Gasteiger charge is 2.20. The van der Waals surface area contributed by atoms with Crippen LogP contribution >= 0.6 is 11.6 Å². The number of hydrogen-bond donors (Lipinski definition) is 3. The average molecular weight is 391 g/mol. The normalized spacial score (nSPS) is 11.5. The lowest BCUT2D eigenvalue weighted by molar-refractivity contribution is 0.103. The van der Waals surface area contributed by atoms with Crippen LogP contribution in [0.4, 0.5) is 5.82 Å². The Hall–Kier alpha value is -3.58. The van der Waals surface area contributed by atoms with Crippen LogP contribution in [-0.2, 0) is 0 Å². The van der Waals surface area contributed by atoms with E-state index in [0.29, 0.717) is 16.3 Å². The van der Waals surface area contributed by atoms with Gasteiger partial charge in [-0.15, -0.1) is 0 Å². The maximum absolute atomic E-state index is 13.0. The second-order valence-electron chi connectivity index (χ2n) is 6.62. The predicted molar refractivity (Wildman–Crippen MR) is 109 cm³/mol. The quantitative estimate of drug-likeness (QED) is 0.405. The number of anilines is 1. The third-order valence-corrected chi connectivity index (χ3v) is 4.94. The van der Waals surface area contributed by atoms with Gasteiger partial charge in [0, 0.05) is 15.9 Å². The van der Waals surface area contributed by atoms with Gasteiger partial charge in [0.15, 0.2) is 0 Å². The fraction of sp³-hybridized carbons (Fsp3) is 0.0500. The van der Waals surface area contributed by atoms with Crippen molar-refractivity contribution in [2.75, 3.05) is 5.73 Å². The molecule has 28 heavy (non-hydrogen) atoms. The van der Waals surface area contributed by atoms with Crippen LogP contribution in [0, 0.1) is 6.92 Å². The first-order chi connectivity index (χ1) is 13.5. The van der Waals surface area contributed by atoms with Gasteiger partial charge in [0.2, 0.25) is 5.78 Å². The van der Waals surface area contributed by atoms with Gasteiger partial charge in [-0.05, 0) is 49.4 Å². The largest absolute Gasteiger partial charge is 0.383 e. The summed E-state index contributed by atoms with van der Waals surface area (Å²) < 4.78 is 1.54. The van der Waals surface area contributed by atoms with E-state index in [1.807, 2.05) is 31.2 Å². The zero-order valence-electron chi connectivity index (χ0n) is 14.8. The van der Waals surface area contributed by atoms with Gasteiger partial charge in [-0.2, -0.15) is 5.10 Å². The first-order valence-corrected chi connectivity index (χ1v) is 9.00. The molecule has 0 unspecified atom stereocenters. The van der Waals surface area contributed by atoms with Crippen LogP contribution in [0.1, 0.15) is 21.9 Å². The van der Waals surface area contributed by atoms with Crippen LogP contribution in [0.15, 0.2) is 48.7 Å². The topological polar surface area (TPSA) is 105 Å². The molecule has 0 radical (unpaired) electrons. The number of hydrogen-bond acceptors (Lipinski definition) is 4. The molecule has 7 nitrogen and oxygen atoms in total. The van der Waals surface area contributed by atoms with Crippen molar-refractivity contribution in [3.63, 3.8) is 0 Å². The standard InChI is InChI=1S/C20H15ClN6O/c1-10-24-16-5-3-13(8-17(16)25-10)27-20(22)14(9-23-27)19(28)18-7-11-6-12(21)2-4-15(11)26-18/h2-9,26H,22H2,1H3,(H,24,25). The number of nitrogens with zero attached hydrogens (tertiary/aromatic N) is 3. The maximum Gasteiger partial charge on any atom is 0.214 e. The third kappa shape index (κ3) is 2.56. The van der Waals surface area contributed by atoms with E-state index in [9.17, 15) is 4.79 Å². The zero-order valence-corrected chi connectivity index (χ0v) is 15.6. The summed E-state index contributed by atoms with van der Waals surface area (Å²) in [6, 6.07) is 12.8. The summed E-state index contributed by atoms with van der Waals surface area (Å²) in [7, 11) is 0. The first kappa shape index (κ1) is 16.6. The van der Waals surface area contributed by atoms with Crippen molar-refractivity contribution in [1.82, 2.24) is 24.7 Å². The van der Waals surface area contributed by atoms with Gasteiger partial charge in [0.05, 0.1) is 34.2 Å². The number of imidazole rings is 1. The zero-order chi connectivity index (χ0) is 19.4. The van der Waals surface area contributed by atoms with E-state index in [-0.39, 0.29) is 11.6 Å². The molecule has 0 aliphatic carbocycles. The predicted octanol–water partition coefficient (Wildman–Crippen LogP) is 4.00.